The summed E-state index contributed by atoms with van der Waals surface area (Å²) in [6.07, 6.45) is 1.01. The zero-order valence-electron chi connectivity index (χ0n) is 19.1. The van der Waals surface area contributed by atoms with Crippen molar-refractivity contribution in [2.75, 3.05) is 6.54 Å². The third-order valence-corrected chi connectivity index (χ3v) is 6.01. The van der Waals surface area contributed by atoms with Gasteiger partial charge in [-0.1, -0.05) is 54.6 Å². The van der Waals surface area contributed by atoms with Gasteiger partial charge in [-0.15, -0.1) is 0 Å². The molecule has 0 amide bonds. The summed E-state index contributed by atoms with van der Waals surface area (Å²) < 4.78 is 27.0. The Morgan fingerprint density at radius 1 is 0.968 bits per heavy atom. The minimum absolute atomic E-state index is 0.165. The SMILES string of the molecule is CC#N.CC(C)N(CCCc1ccc(C2CCC(F)C(F)C2)cc1)Cc1ccccc1. The molecule has 1 fully saturated rings. The standard InChI is InChI=1S/C25H33F2N.C2H3N/c1-19(2)28(18-21-7-4-3-5-8-21)16-6-9-20-10-12-22(13-11-20)23-14-15-24(26)25(27)17-23;1-2-3/h3-5,7-8,10-13,19,23-25H,6,9,14-18H2,1-2H3;1H3. The summed E-state index contributed by atoms with van der Waals surface area (Å²) in [5, 5.41) is 7.32. The van der Waals surface area contributed by atoms with E-state index in [1.54, 1.807) is 6.07 Å². The van der Waals surface area contributed by atoms with Crippen LogP contribution in [0.15, 0.2) is 54.6 Å². The lowest BCUT2D eigenvalue weighted by Gasteiger charge is -2.28. The molecule has 31 heavy (non-hydrogen) atoms. The summed E-state index contributed by atoms with van der Waals surface area (Å²) in [4.78, 5) is 2.51. The Kier molecular flexibility index (Phi) is 10.7. The van der Waals surface area contributed by atoms with Gasteiger partial charge < -0.3 is 0 Å². The minimum Gasteiger partial charge on any atom is -0.297 e. The Labute approximate surface area is 186 Å². The van der Waals surface area contributed by atoms with Gasteiger partial charge in [0.05, 0.1) is 6.07 Å². The second-order valence-corrected chi connectivity index (χ2v) is 8.66. The highest BCUT2D eigenvalue weighted by Crippen LogP contribution is 2.35. The first-order valence-electron chi connectivity index (χ1n) is 11.4. The summed E-state index contributed by atoms with van der Waals surface area (Å²) in [5.41, 5.74) is 3.84. The molecule has 1 saturated carbocycles. The molecule has 0 saturated heterocycles. The zero-order valence-corrected chi connectivity index (χ0v) is 19.1. The van der Waals surface area contributed by atoms with E-state index in [9.17, 15) is 8.78 Å². The predicted molar refractivity (Wildman–Crippen MR) is 124 cm³/mol. The van der Waals surface area contributed by atoms with Gasteiger partial charge in [0.25, 0.3) is 0 Å². The van der Waals surface area contributed by atoms with Crippen molar-refractivity contribution in [3.63, 3.8) is 0 Å². The van der Waals surface area contributed by atoms with E-state index in [1.807, 2.05) is 0 Å². The number of benzene rings is 2. The van der Waals surface area contributed by atoms with E-state index in [-0.39, 0.29) is 5.92 Å². The number of nitriles is 1. The lowest BCUT2D eigenvalue weighted by molar-refractivity contribution is 0.108. The van der Waals surface area contributed by atoms with Gasteiger partial charge in [-0.05, 0) is 75.1 Å². The topological polar surface area (TPSA) is 27.0 Å². The summed E-state index contributed by atoms with van der Waals surface area (Å²) in [6.45, 7) is 7.99. The monoisotopic (exact) mass is 426 g/mol. The van der Waals surface area contributed by atoms with E-state index in [2.05, 4.69) is 73.3 Å². The molecule has 3 atom stereocenters. The maximum Gasteiger partial charge on any atom is 0.132 e. The molecule has 4 heteroatoms. The number of aryl methyl sites for hydroxylation is 1. The van der Waals surface area contributed by atoms with Gasteiger partial charge in [0.15, 0.2) is 0 Å². The van der Waals surface area contributed by atoms with Crippen LogP contribution in [0.4, 0.5) is 8.78 Å². The molecule has 1 aliphatic carbocycles. The smallest absolute Gasteiger partial charge is 0.132 e. The molecule has 0 spiro atoms. The van der Waals surface area contributed by atoms with E-state index in [0.29, 0.717) is 18.9 Å². The van der Waals surface area contributed by atoms with Crippen molar-refractivity contribution >= 4 is 0 Å². The van der Waals surface area contributed by atoms with Gasteiger partial charge in [0.1, 0.15) is 12.3 Å². The average Bonchev–Trinajstić information content (AvgIpc) is 2.77. The Hall–Kier alpha value is -2.25. The number of nitrogens with zero attached hydrogens (tertiary/aromatic N) is 2. The minimum atomic E-state index is -1.30. The van der Waals surface area contributed by atoms with Crippen LogP contribution in [0, 0.1) is 11.3 Å². The third-order valence-electron chi connectivity index (χ3n) is 6.01. The van der Waals surface area contributed by atoms with Crippen LogP contribution in [0.5, 0.6) is 0 Å². The van der Waals surface area contributed by atoms with Crippen molar-refractivity contribution < 1.29 is 8.78 Å². The van der Waals surface area contributed by atoms with E-state index < -0.39 is 12.3 Å². The van der Waals surface area contributed by atoms with Crippen molar-refractivity contribution in [2.24, 2.45) is 0 Å². The average molecular weight is 427 g/mol. The van der Waals surface area contributed by atoms with Gasteiger partial charge in [-0.2, -0.15) is 5.26 Å². The Morgan fingerprint density at radius 3 is 2.19 bits per heavy atom. The Bertz CT molecular complexity index is 783. The van der Waals surface area contributed by atoms with Gasteiger partial charge >= 0.3 is 0 Å². The van der Waals surface area contributed by atoms with Crippen molar-refractivity contribution in [3.05, 3.63) is 71.3 Å². The molecule has 3 rings (SSSR count). The molecule has 2 aromatic rings. The van der Waals surface area contributed by atoms with Crippen molar-refractivity contribution in [1.29, 1.82) is 5.26 Å². The van der Waals surface area contributed by atoms with Gasteiger partial charge in [-0.3, -0.25) is 4.90 Å². The fraction of sp³-hybridized carbons (Fsp3) is 0.519. The van der Waals surface area contributed by atoms with Crippen LogP contribution in [0.25, 0.3) is 0 Å². The molecule has 0 aromatic heterocycles. The normalized spacial score (nSPS) is 20.8. The molecule has 0 bridgehead atoms. The molecule has 0 heterocycles. The number of hydrogen-bond acceptors (Lipinski definition) is 2. The highest BCUT2D eigenvalue weighted by Gasteiger charge is 2.31. The molecule has 2 nitrogen and oxygen atoms in total. The fourth-order valence-corrected chi connectivity index (χ4v) is 4.16. The van der Waals surface area contributed by atoms with Crippen LogP contribution in [-0.2, 0) is 13.0 Å². The molecule has 1 aliphatic rings. The molecular formula is C27H36F2N2. The van der Waals surface area contributed by atoms with Crippen molar-refractivity contribution in [3.8, 4) is 6.07 Å². The first-order chi connectivity index (χ1) is 14.9. The third kappa shape index (κ3) is 8.42. The summed E-state index contributed by atoms with van der Waals surface area (Å²) in [5.74, 6) is 0.165. The van der Waals surface area contributed by atoms with E-state index in [0.717, 1.165) is 37.9 Å². The van der Waals surface area contributed by atoms with E-state index in [4.69, 9.17) is 5.26 Å². The van der Waals surface area contributed by atoms with E-state index in [1.165, 1.54) is 18.1 Å². The lowest BCUT2D eigenvalue weighted by atomic mass is 9.82. The number of alkyl halides is 2. The second-order valence-electron chi connectivity index (χ2n) is 8.66. The first kappa shape index (κ1) is 25.0. The number of hydrogen-bond donors (Lipinski definition) is 0. The number of halogens is 2. The van der Waals surface area contributed by atoms with Crippen LogP contribution >= 0.6 is 0 Å². The molecule has 2 aromatic carbocycles. The second kappa shape index (κ2) is 13.2. The lowest BCUT2D eigenvalue weighted by Crippen LogP contribution is -2.31. The zero-order chi connectivity index (χ0) is 22.6. The van der Waals surface area contributed by atoms with Gasteiger partial charge in [0.2, 0.25) is 0 Å². The van der Waals surface area contributed by atoms with Crippen LogP contribution in [0.2, 0.25) is 0 Å². The maximum absolute atomic E-state index is 13.7. The van der Waals surface area contributed by atoms with Crippen molar-refractivity contribution in [1.82, 2.24) is 4.90 Å². The summed E-state index contributed by atoms with van der Waals surface area (Å²) in [7, 11) is 0. The van der Waals surface area contributed by atoms with Gasteiger partial charge in [-0.25, -0.2) is 8.78 Å². The molecule has 0 N–H and O–H groups in total. The predicted octanol–water partition coefficient (Wildman–Crippen LogP) is 7.00. The quantitative estimate of drug-likeness (QED) is 0.454. The molecule has 3 unspecified atom stereocenters. The Balaban J connectivity index is 0.00000107. The van der Waals surface area contributed by atoms with E-state index >= 15 is 0 Å². The highest BCUT2D eigenvalue weighted by molar-refractivity contribution is 5.26. The van der Waals surface area contributed by atoms with Crippen LogP contribution in [-0.4, -0.2) is 29.8 Å². The largest absolute Gasteiger partial charge is 0.297 e. The van der Waals surface area contributed by atoms with Crippen molar-refractivity contribution in [2.45, 2.75) is 83.7 Å². The van der Waals surface area contributed by atoms with Crippen LogP contribution in [0.1, 0.15) is 69.1 Å². The maximum atomic E-state index is 13.7. The summed E-state index contributed by atoms with van der Waals surface area (Å²) in [6, 6.07) is 21.5. The highest BCUT2D eigenvalue weighted by atomic mass is 19.2. The van der Waals surface area contributed by atoms with Crippen LogP contribution in [0.3, 0.4) is 0 Å². The summed E-state index contributed by atoms with van der Waals surface area (Å²) >= 11 is 0. The Morgan fingerprint density at radius 2 is 1.61 bits per heavy atom. The fourth-order valence-electron chi connectivity index (χ4n) is 4.16. The molecule has 168 valence electrons. The van der Waals surface area contributed by atoms with Crippen LogP contribution < -0.4 is 0 Å². The molecule has 0 radical (unpaired) electrons. The number of rotatable bonds is 8. The molecule has 0 aliphatic heterocycles. The van der Waals surface area contributed by atoms with Gasteiger partial charge in [0, 0.05) is 19.5 Å². The molecular weight excluding hydrogens is 390 g/mol. The first-order valence-corrected chi connectivity index (χ1v) is 11.4.